The van der Waals surface area contributed by atoms with Crippen molar-refractivity contribution >= 4 is 17.7 Å². The third-order valence-electron chi connectivity index (χ3n) is 3.69. The van der Waals surface area contributed by atoms with Crippen LogP contribution in [0.25, 0.3) is 0 Å². The molecule has 2 amide bonds. The molecule has 1 aliphatic rings. The van der Waals surface area contributed by atoms with E-state index in [1.54, 1.807) is 23.1 Å². The van der Waals surface area contributed by atoms with Gasteiger partial charge in [-0.15, -0.1) is 0 Å². The van der Waals surface area contributed by atoms with Crippen LogP contribution >= 0.6 is 0 Å². The number of rotatable bonds is 3. The van der Waals surface area contributed by atoms with E-state index in [4.69, 9.17) is 20.9 Å². The number of primary amides is 1. The van der Waals surface area contributed by atoms with Gasteiger partial charge in [-0.2, -0.15) is 0 Å². The average Bonchev–Trinajstić information content (AvgIpc) is 2.48. The zero-order chi connectivity index (χ0) is 17.9. The minimum Gasteiger partial charge on any atom is -0.490 e. The first kappa shape index (κ1) is 17.9. The first-order valence-corrected chi connectivity index (χ1v) is 7.99. The highest BCUT2D eigenvalue weighted by Gasteiger charge is 2.27. The fourth-order valence-electron chi connectivity index (χ4n) is 2.50. The average molecular weight is 335 g/mol. The van der Waals surface area contributed by atoms with Crippen LogP contribution in [0.5, 0.6) is 5.75 Å². The molecule has 24 heavy (non-hydrogen) atoms. The second kappa shape index (κ2) is 6.98. The predicted molar refractivity (Wildman–Crippen MR) is 90.8 cm³/mol. The van der Waals surface area contributed by atoms with E-state index in [1.165, 1.54) is 0 Å². The maximum atomic E-state index is 12.0. The molecule has 0 unspecified atom stereocenters. The highest BCUT2D eigenvalue weighted by Crippen LogP contribution is 2.24. The molecule has 1 fully saturated rings. The van der Waals surface area contributed by atoms with E-state index in [2.05, 4.69) is 0 Å². The van der Waals surface area contributed by atoms with Crippen molar-refractivity contribution in [2.24, 2.45) is 5.73 Å². The fraction of sp³-hybridized carbons (Fsp3) is 0.529. The zero-order valence-electron chi connectivity index (χ0n) is 14.4. The standard InChI is InChI=1S/C17H25N3O4/c1-17(2,3)24-16(22)20-8-6-11(7-9-20)23-12-4-5-14(18)13(10-12)15(19)21/h4-5,10-11H,6-9,18H2,1-3H3,(H2,19,21). The van der Waals surface area contributed by atoms with Gasteiger partial charge in [-0.05, 0) is 39.0 Å². The van der Waals surface area contributed by atoms with E-state index in [9.17, 15) is 9.59 Å². The number of likely N-dealkylation sites (tertiary alicyclic amines) is 1. The summed E-state index contributed by atoms with van der Waals surface area (Å²) >= 11 is 0. The fourth-order valence-corrected chi connectivity index (χ4v) is 2.50. The lowest BCUT2D eigenvalue weighted by Crippen LogP contribution is -2.44. The van der Waals surface area contributed by atoms with Gasteiger partial charge >= 0.3 is 6.09 Å². The van der Waals surface area contributed by atoms with Crippen LogP contribution in [0.1, 0.15) is 44.0 Å². The van der Waals surface area contributed by atoms with Crippen molar-refractivity contribution in [1.82, 2.24) is 4.90 Å². The van der Waals surface area contributed by atoms with Crippen molar-refractivity contribution in [3.05, 3.63) is 23.8 Å². The zero-order valence-corrected chi connectivity index (χ0v) is 14.4. The van der Waals surface area contributed by atoms with Crippen LogP contribution in [0.3, 0.4) is 0 Å². The Hall–Kier alpha value is -2.44. The Morgan fingerprint density at radius 1 is 1.21 bits per heavy atom. The van der Waals surface area contributed by atoms with Gasteiger partial charge in [0.15, 0.2) is 0 Å². The number of hydrogen-bond donors (Lipinski definition) is 2. The van der Waals surface area contributed by atoms with E-state index >= 15 is 0 Å². The summed E-state index contributed by atoms with van der Waals surface area (Å²) in [7, 11) is 0. The van der Waals surface area contributed by atoms with Crippen molar-refractivity contribution in [1.29, 1.82) is 0 Å². The largest absolute Gasteiger partial charge is 0.490 e. The van der Waals surface area contributed by atoms with Crippen molar-refractivity contribution in [2.45, 2.75) is 45.3 Å². The van der Waals surface area contributed by atoms with Crippen LogP contribution in [-0.2, 0) is 4.74 Å². The highest BCUT2D eigenvalue weighted by molar-refractivity contribution is 5.98. The third-order valence-corrected chi connectivity index (χ3v) is 3.69. The van der Waals surface area contributed by atoms with Crippen LogP contribution in [-0.4, -0.2) is 41.7 Å². The van der Waals surface area contributed by atoms with Gasteiger partial charge < -0.3 is 25.8 Å². The topological polar surface area (TPSA) is 108 Å². The number of nitrogens with zero attached hydrogens (tertiary/aromatic N) is 1. The second-order valence-corrected chi connectivity index (χ2v) is 6.90. The number of anilines is 1. The minimum absolute atomic E-state index is 0.0342. The molecule has 1 saturated heterocycles. The van der Waals surface area contributed by atoms with Gasteiger partial charge in [0.2, 0.25) is 0 Å². The number of benzene rings is 1. The number of carbonyl (C=O) groups excluding carboxylic acids is 2. The van der Waals surface area contributed by atoms with Gasteiger partial charge in [0.25, 0.3) is 5.91 Å². The van der Waals surface area contributed by atoms with E-state index in [0.29, 0.717) is 37.4 Å². The SMILES string of the molecule is CC(C)(C)OC(=O)N1CCC(Oc2ccc(N)c(C(N)=O)c2)CC1. The molecule has 7 nitrogen and oxygen atoms in total. The number of piperidine rings is 1. The molecule has 0 aromatic heterocycles. The van der Waals surface area contributed by atoms with Crippen LogP contribution in [0.4, 0.5) is 10.5 Å². The molecule has 4 N–H and O–H groups in total. The van der Waals surface area contributed by atoms with E-state index < -0.39 is 11.5 Å². The van der Waals surface area contributed by atoms with Gasteiger partial charge in [0.05, 0.1) is 5.56 Å². The van der Waals surface area contributed by atoms with Crippen molar-refractivity contribution < 1.29 is 19.1 Å². The molecule has 2 rings (SSSR count). The van der Waals surface area contributed by atoms with Gasteiger partial charge in [-0.25, -0.2) is 4.79 Å². The van der Waals surface area contributed by atoms with Crippen LogP contribution in [0.15, 0.2) is 18.2 Å². The van der Waals surface area contributed by atoms with E-state index in [1.807, 2.05) is 20.8 Å². The summed E-state index contributed by atoms with van der Waals surface area (Å²) in [6, 6.07) is 4.87. The lowest BCUT2D eigenvalue weighted by atomic mass is 10.1. The van der Waals surface area contributed by atoms with E-state index in [0.717, 1.165) is 0 Å². The summed E-state index contributed by atoms with van der Waals surface area (Å²) in [4.78, 5) is 25.0. The molecular weight excluding hydrogens is 310 g/mol. The Morgan fingerprint density at radius 2 is 1.83 bits per heavy atom. The van der Waals surface area contributed by atoms with Gasteiger partial charge in [-0.3, -0.25) is 4.79 Å². The smallest absolute Gasteiger partial charge is 0.410 e. The minimum atomic E-state index is -0.585. The number of carbonyl (C=O) groups is 2. The molecule has 0 saturated carbocycles. The van der Waals surface area contributed by atoms with Crippen molar-refractivity contribution in [3.8, 4) is 5.75 Å². The van der Waals surface area contributed by atoms with E-state index in [-0.39, 0.29) is 17.8 Å². The summed E-state index contributed by atoms with van der Waals surface area (Å²) in [5.41, 5.74) is 11.1. The monoisotopic (exact) mass is 335 g/mol. The summed E-state index contributed by atoms with van der Waals surface area (Å²) in [5.74, 6) is -0.0357. The maximum Gasteiger partial charge on any atom is 0.410 e. The number of nitrogens with two attached hydrogens (primary N) is 2. The third kappa shape index (κ3) is 4.78. The Kier molecular flexibility index (Phi) is 5.21. The Morgan fingerprint density at radius 3 is 2.38 bits per heavy atom. The summed E-state index contributed by atoms with van der Waals surface area (Å²) < 4.78 is 11.3. The van der Waals surface area contributed by atoms with Gasteiger partial charge in [-0.1, -0.05) is 0 Å². The molecule has 1 aliphatic heterocycles. The number of ether oxygens (including phenoxy) is 2. The first-order chi connectivity index (χ1) is 11.2. The molecule has 0 aliphatic carbocycles. The molecule has 1 aromatic rings. The lowest BCUT2D eigenvalue weighted by molar-refractivity contribution is 0.0126. The predicted octanol–water partition coefficient (Wildman–Crippen LogP) is 2.15. The van der Waals surface area contributed by atoms with Crippen molar-refractivity contribution in [3.63, 3.8) is 0 Å². The van der Waals surface area contributed by atoms with Crippen LogP contribution in [0.2, 0.25) is 0 Å². The Labute approximate surface area is 141 Å². The van der Waals surface area contributed by atoms with Gasteiger partial charge in [0, 0.05) is 31.6 Å². The molecule has 0 spiro atoms. The molecular formula is C17H25N3O4. The van der Waals surface area contributed by atoms with Crippen LogP contribution < -0.4 is 16.2 Å². The Balaban J connectivity index is 1.90. The molecule has 1 heterocycles. The molecule has 7 heteroatoms. The summed E-state index contributed by atoms with van der Waals surface area (Å²) in [5, 5.41) is 0. The quantitative estimate of drug-likeness (QED) is 0.823. The number of amides is 2. The summed E-state index contributed by atoms with van der Waals surface area (Å²) in [6.45, 7) is 6.67. The maximum absolute atomic E-state index is 12.0. The number of nitrogen functional groups attached to an aromatic ring is 1. The normalized spacial score (nSPS) is 15.9. The number of hydrogen-bond acceptors (Lipinski definition) is 5. The van der Waals surface area contributed by atoms with Crippen LogP contribution in [0, 0.1) is 0 Å². The molecule has 0 bridgehead atoms. The summed E-state index contributed by atoms with van der Waals surface area (Å²) in [6.07, 6.45) is 1.04. The first-order valence-electron chi connectivity index (χ1n) is 7.99. The molecule has 0 radical (unpaired) electrons. The lowest BCUT2D eigenvalue weighted by Gasteiger charge is -2.33. The Bertz CT molecular complexity index is 617. The molecule has 132 valence electrons. The molecule has 0 atom stereocenters. The highest BCUT2D eigenvalue weighted by atomic mass is 16.6. The van der Waals surface area contributed by atoms with Crippen molar-refractivity contribution in [2.75, 3.05) is 18.8 Å². The molecule has 1 aromatic carbocycles. The van der Waals surface area contributed by atoms with Gasteiger partial charge in [0.1, 0.15) is 17.5 Å². The second-order valence-electron chi connectivity index (χ2n) is 6.90.